The van der Waals surface area contributed by atoms with Crippen molar-refractivity contribution in [2.45, 2.75) is 12.6 Å². The lowest BCUT2D eigenvalue weighted by Crippen LogP contribution is -2.38. The molecule has 0 radical (unpaired) electrons. The van der Waals surface area contributed by atoms with Gasteiger partial charge in [-0.05, 0) is 17.7 Å². The van der Waals surface area contributed by atoms with Crippen LogP contribution in [0.2, 0.25) is 0 Å². The third kappa shape index (κ3) is 3.28. The van der Waals surface area contributed by atoms with Gasteiger partial charge in [-0.15, -0.1) is 0 Å². The Balaban J connectivity index is 1.44. The number of nitrogens with zero attached hydrogens (tertiary/aromatic N) is 3. The van der Waals surface area contributed by atoms with Crippen LogP contribution in [0.15, 0.2) is 36.8 Å². The van der Waals surface area contributed by atoms with Gasteiger partial charge in [0.1, 0.15) is 19.3 Å². The highest BCUT2D eigenvalue weighted by atomic mass is 16.6. The number of aromatic nitrogens is 2. The summed E-state index contributed by atoms with van der Waals surface area (Å²) in [6.45, 7) is 4.51. The van der Waals surface area contributed by atoms with E-state index in [9.17, 15) is 0 Å². The lowest BCUT2D eigenvalue weighted by atomic mass is 10.1. The van der Waals surface area contributed by atoms with E-state index >= 15 is 0 Å². The third-order valence-corrected chi connectivity index (χ3v) is 4.08. The zero-order valence-electron chi connectivity index (χ0n) is 12.9. The molecule has 23 heavy (non-hydrogen) atoms. The van der Waals surface area contributed by atoms with Crippen LogP contribution in [0.5, 0.6) is 11.5 Å². The molecule has 2 aromatic rings. The molecule has 1 fully saturated rings. The van der Waals surface area contributed by atoms with E-state index in [1.54, 1.807) is 18.6 Å². The minimum atomic E-state index is -0.0188. The molecule has 6 heteroatoms. The van der Waals surface area contributed by atoms with E-state index in [1.165, 1.54) is 5.56 Å². The first kappa shape index (κ1) is 14.4. The van der Waals surface area contributed by atoms with E-state index in [0.29, 0.717) is 19.8 Å². The predicted octanol–water partition coefficient (Wildman–Crippen LogP) is 1.82. The van der Waals surface area contributed by atoms with Crippen molar-refractivity contribution in [2.24, 2.45) is 0 Å². The molecule has 2 aliphatic rings. The molecule has 1 saturated heterocycles. The molecule has 0 saturated carbocycles. The molecule has 4 rings (SSSR count). The molecule has 0 N–H and O–H groups in total. The van der Waals surface area contributed by atoms with E-state index in [2.05, 4.69) is 27.0 Å². The fraction of sp³-hybridized carbons (Fsp3) is 0.412. The van der Waals surface area contributed by atoms with Crippen molar-refractivity contribution in [2.75, 3.05) is 32.9 Å². The molecule has 1 aromatic heterocycles. The summed E-state index contributed by atoms with van der Waals surface area (Å²) in [7, 11) is 0. The molecule has 2 aliphatic heterocycles. The summed E-state index contributed by atoms with van der Waals surface area (Å²) >= 11 is 0. The van der Waals surface area contributed by atoms with Crippen molar-refractivity contribution in [3.8, 4) is 11.5 Å². The van der Waals surface area contributed by atoms with Gasteiger partial charge in [0.15, 0.2) is 11.5 Å². The Bertz CT molecular complexity index is 665. The fourth-order valence-corrected chi connectivity index (χ4v) is 2.95. The smallest absolute Gasteiger partial charge is 0.161 e. The van der Waals surface area contributed by atoms with Crippen molar-refractivity contribution in [1.82, 2.24) is 14.9 Å². The first-order valence-electron chi connectivity index (χ1n) is 7.87. The average Bonchev–Trinajstić information content (AvgIpc) is 2.63. The van der Waals surface area contributed by atoms with Gasteiger partial charge in [-0.2, -0.15) is 0 Å². The number of morpholine rings is 1. The van der Waals surface area contributed by atoms with Crippen LogP contribution in [0.25, 0.3) is 0 Å². The van der Waals surface area contributed by atoms with Crippen LogP contribution in [0, 0.1) is 0 Å². The number of hydrogen-bond acceptors (Lipinski definition) is 6. The highest BCUT2D eigenvalue weighted by molar-refractivity contribution is 5.43. The van der Waals surface area contributed by atoms with Gasteiger partial charge in [-0.25, -0.2) is 0 Å². The van der Waals surface area contributed by atoms with Gasteiger partial charge in [-0.3, -0.25) is 14.9 Å². The maximum Gasteiger partial charge on any atom is 0.161 e. The maximum atomic E-state index is 5.83. The van der Waals surface area contributed by atoms with Crippen molar-refractivity contribution in [3.05, 3.63) is 48.0 Å². The van der Waals surface area contributed by atoms with E-state index in [0.717, 1.165) is 36.8 Å². The van der Waals surface area contributed by atoms with Crippen molar-refractivity contribution < 1.29 is 14.2 Å². The molecule has 0 amide bonds. The topological polar surface area (TPSA) is 56.7 Å². The number of benzene rings is 1. The Kier molecular flexibility index (Phi) is 4.08. The van der Waals surface area contributed by atoms with Gasteiger partial charge in [0.25, 0.3) is 0 Å². The molecule has 3 heterocycles. The number of rotatable bonds is 3. The second kappa shape index (κ2) is 6.52. The summed E-state index contributed by atoms with van der Waals surface area (Å²) in [5, 5.41) is 0. The monoisotopic (exact) mass is 313 g/mol. The molecule has 1 aromatic carbocycles. The Labute approximate surface area is 135 Å². The largest absolute Gasteiger partial charge is 0.486 e. The second-order valence-corrected chi connectivity index (χ2v) is 5.70. The summed E-state index contributed by atoms with van der Waals surface area (Å²) in [6.07, 6.45) is 5.14. The SMILES string of the molecule is c1cnc([C@@H]2CN(Cc3ccc4c(c3)OCCO4)CCO2)cn1. The molecular formula is C17H19N3O3. The van der Waals surface area contributed by atoms with E-state index in [4.69, 9.17) is 14.2 Å². The van der Waals surface area contributed by atoms with Crippen LogP contribution in [0.4, 0.5) is 0 Å². The lowest BCUT2D eigenvalue weighted by molar-refractivity contribution is -0.0351. The Morgan fingerprint density at radius 2 is 2.00 bits per heavy atom. The lowest BCUT2D eigenvalue weighted by Gasteiger charge is -2.32. The zero-order chi connectivity index (χ0) is 15.5. The van der Waals surface area contributed by atoms with Crippen LogP contribution in [0.3, 0.4) is 0 Å². The number of fused-ring (bicyclic) bond motifs is 1. The summed E-state index contributed by atoms with van der Waals surface area (Å²) < 4.78 is 17.1. The van der Waals surface area contributed by atoms with E-state index < -0.39 is 0 Å². The normalized spacial score (nSPS) is 21.1. The van der Waals surface area contributed by atoms with Gasteiger partial charge >= 0.3 is 0 Å². The van der Waals surface area contributed by atoms with E-state index in [1.807, 2.05) is 6.07 Å². The molecule has 0 aliphatic carbocycles. The minimum absolute atomic E-state index is 0.0188. The molecule has 0 bridgehead atoms. The summed E-state index contributed by atoms with van der Waals surface area (Å²) in [5.41, 5.74) is 2.11. The quantitative estimate of drug-likeness (QED) is 0.861. The summed E-state index contributed by atoms with van der Waals surface area (Å²) in [6, 6.07) is 6.16. The number of hydrogen-bond donors (Lipinski definition) is 0. The Morgan fingerprint density at radius 3 is 2.87 bits per heavy atom. The van der Waals surface area contributed by atoms with Crippen LogP contribution < -0.4 is 9.47 Å². The molecule has 0 spiro atoms. The van der Waals surface area contributed by atoms with Gasteiger partial charge in [0, 0.05) is 32.0 Å². The minimum Gasteiger partial charge on any atom is -0.486 e. The Hall–Kier alpha value is -2.18. The maximum absolute atomic E-state index is 5.83. The average molecular weight is 313 g/mol. The van der Waals surface area contributed by atoms with Crippen LogP contribution >= 0.6 is 0 Å². The number of ether oxygens (including phenoxy) is 3. The van der Waals surface area contributed by atoms with Crippen LogP contribution in [0.1, 0.15) is 17.4 Å². The molecular weight excluding hydrogens is 294 g/mol. The van der Waals surface area contributed by atoms with Crippen molar-refractivity contribution >= 4 is 0 Å². The van der Waals surface area contributed by atoms with Gasteiger partial charge < -0.3 is 14.2 Å². The van der Waals surface area contributed by atoms with Crippen LogP contribution in [-0.4, -0.2) is 47.8 Å². The molecule has 0 unspecified atom stereocenters. The summed E-state index contributed by atoms with van der Waals surface area (Å²) in [4.78, 5) is 10.8. The summed E-state index contributed by atoms with van der Waals surface area (Å²) in [5.74, 6) is 1.67. The van der Waals surface area contributed by atoms with Crippen molar-refractivity contribution in [1.29, 1.82) is 0 Å². The standard InChI is InChI=1S/C17H19N3O3/c1-2-15-16(23-8-7-22-15)9-13(1)11-20-5-6-21-17(12-20)14-10-18-3-4-19-14/h1-4,9-10,17H,5-8,11-12H2/t17-/m0/s1. The highest BCUT2D eigenvalue weighted by Gasteiger charge is 2.23. The van der Waals surface area contributed by atoms with Gasteiger partial charge in [0.2, 0.25) is 0 Å². The molecule has 1 atom stereocenters. The van der Waals surface area contributed by atoms with Gasteiger partial charge in [0.05, 0.1) is 18.5 Å². The first-order chi connectivity index (χ1) is 11.4. The fourth-order valence-electron chi connectivity index (χ4n) is 2.95. The second-order valence-electron chi connectivity index (χ2n) is 5.70. The van der Waals surface area contributed by atoms with Crippen LogP contribution in [-0.2, 0) is 11.3 Å². The zero-order valence-corrected chi connectivity index (χ0v) is 12.9. The predicted molar refractivity (Wildman–Crippen MR) is 83.4 cm³/mol. The Morgan fingerprint density at radius 1 is 1.09 bits per heavy atom. The third-order valence-electron chi connectivity index (χ3n) is 4.08. The molecule has 6 nitrogen and oxygen atoms in total. The van der Waals surface area contributed by atoms with Crippen molar-refractivity contribution in [3.63, 3.8) is 0 Å². The first-order valence-corrected chi connectivity index (χ1v) is 7.87. The highest BCUT2D eigenvalue weighted by Crippen LogP contribution is 2.31. The molecule has 120 valence electrons. The van der Waals surface area contributed by atoms with Gasteiger partial charge in [-0.1, -0.05) is 6.07 Å². The van der Waals surface area contributed by atoms with E-state index in [-0.39, 0.29) is 6.10 Å².